The van der Waals surface area contributed by atoms with E-state index in [9.17, 15) is 9.59 Å². The van der Waals surface area contributed by atoms with Gasteiger partial charge in [0.2, 0.25) is 0 Å². The maximum absolute atomic E-state index is 11.9. The Kier molecular flexibility index (Phi) is 5.77. The molecule has 0 radical (unpaired) electrons. The van der Waals surface area contributed by atoms with Crippen LogP contribution in [0.3, 0.4) is 0 Å². The predicted octanol–water partition coefficient (Wildman–Crippen LogP) is 1.48. The Bertz CT molecular complexity index is 444. The number of esters is 1. The highest BCUT2D eigenvalue weighted by molar-refractivity contribution is 9.11. The Labute approximate surface area is 121 Å². The van der Waals surface area contributed by atoms with E-state index in [2.05, 4.69) is 41.9 Å². The summed E-state index contributed by atoms with van der Waals surface area (Å²) in [5.74, 6) is -1.17. The summed E-state index contributed by atoms with van der Waals surface area (Å²) in [6.07, 6.45) is 0. The summed E-state index contributed by atoms with van der Waals surface area (Å²) in [7, 11) is 1.19. The summed E-state index contributed by atoms with van der Waals surface area (Å²) in [5, 5.41) is 11.4. The molecule has 0 saturated carbocycles. The van der Waals surface area contributed by atoms with Gasteiger partial charge in [-0.2, -0.15) is 0 Å². The summed E-state index contributed by atoms with van der Waals surface area (Å²) < 4.78 is 5.90. The predicted molar refractivity (Wildman–Crippen MR) is 72.2 cm³/mol. The molecule has 1 amide bonds. The van der Waals surface area contributed by atoms with Crippen LogP contribution in [0.25, 0.3) is 0 Å². The van der Waals surface area contributed by atoms with Crippen LogP contribution >= 0.6 is 31.9 Å². The van der Waals surface area contributed by atoms with Crippen molar-refractivity contribution in [2.45, 2.75) is 6.04 Å². The van der Waals surface area contributed by atoms with Crippen molar-refractivity contribution in [3.05, 3.63) is 32.7 Å². The monoisotopic (exact) mass is 379 g/mol. The lowest BCUT2D eigenvalue weighted by atomic mass is 10.2. The Morgan fingerprint density at radius 2 is 1.89 bits per heavy atom. The quantitative estimate of drug-likeness (QED) is 0.775. The van der Waals surface area contributed by atoms with E-state index in [0.717, 1.165) is 8.95 Å². The van der Waals surface area contributed by atoms with E-state index in [1.165, 1.54) is 7.11 Å². The van der Waals surface area contributed by atoms with Crippen molar-refractivity contribution >= 4 is 43.7 Å². The third-order valence-electron chi connectivity index (χ3n) is 2.10. The number of amides is 1. The second kappa shape index (κ2) is 6.86. The van der Waals surface area contributed by atoms with Crippen LogP contribution in [-0.2, 0) is 9.53 Å². The van der Waals surface area contributed by atoms with Gasteiger partial charge in [-0.25, -0.2) is 4.79 Å². The molecule has 7 heteroatoms. The third-order valence-corrected chi connectivity index (χ3v) is 3.01. The largest absolute Gasteiger partial charge is 0.467 e. The van der Waals surface area contributed by atoms with E-state index in [4.69, 9.17) is 5.11 Å². The molecule has 5 nitrogen and oxygen atoms in total. The Balaban J connectivity index is 2.84. The number of ether oxygens (including phenoxy) is 1. The topological polar surface area (TPSA) is 75.6 Å². The van der Waals surface area contributed by atoms with E-state index in [1.807, 2.05) is 0 Å². The average molecular weight is 381 g/mol. The van der Waals surface area contributed by atoms with Crippen molar-refractivity contribution in [3.8, 4) is 0 Å². The fourth-order valence-corrected chi connectivity index (χ4v) is 2.54. The molecular formula is C11H11Br2NO4. The van der Waals surface area contributed by atoms with Gasteiger partial charge in [0.15, 0.2) is 6.04 Å². The Morgan fingerprint density at radius 3 is 2.33 bits per heavy atom. The lowest BCUT2D eigenvalue weighted by Crippen LogP contribution is -2.44. The van der Waals surface area contributed by atoms with Crippen molar-refractivity contribution in [1.82, 2.24) is 5.32 Å². The zero-order chi connectivity index (χ0) is 13.7. The van der Waals surface area contributed by atoms with Crippen molar-refractivity contribution in [2.24, 2.45) is 0 Å². The van der Waals surface area contributed by atoms with Crippen LogP contribution in [0, 0.1) is 0 Å². The highest BCUT2D eigenvalue weighted by Gasteiger charge is 2.21. The first-order chi connectivity index (χ1) is 8.47. The number of carbonyl (C=O) groups excluding carboxylic acids is 2. The van der Waals surface area contributed by atoms with Gasteiger partial charge >= 0.3 is 5.97 Å². The van der Waals surface area contributed by atoms with Gasteiger partial charge < -0.3 is 15.2 Å². The van der Waals surface area contributed by atoms with Gasteiger partial charge in [-0.15, -0.1) is 0 Å². The lowest BCUT2D eigenvalue weighted by molar-refractivity contribution is -0.143. The van der Waals surface area contributed by atoms with Crippen LogP contribution in [0.15, 0.2) is 27.1 Å². The molecule has 0 aromatic heterocycles. The lowest BCUT2D eigenvalue weighted by Gasteiger charge is -2.14. The first-order valence-electron chi connectivity index (χ1n) is 4.93. The fraction of sp³-hybridized carbons (Fsp3) is 0.273. The molecule has 0 saturated heterocycles. The van der Waals surface area contributed by atoms with Gasteiger partial charge in [0.05, 0.1) is 13.7 Å². The van der Waals surface area contributed by atoms with Gasteiger partial charge in [0.25, 0.3) is 5.91 Å². The first kappa shape index (κ1) is 15.1. The van der Waals surface area contributed by atoms with E-state index in [1.54, 1.807) is 18.2 Å². The minimum atomic E-state index is -1.07. The molecule has 0 aliphatic heterocycles. The average Bonchev–Trinajstić information content (AvgIpc) is 2.33. The zero-order valence-electron chi connectivity index (χ0n) is 9.44. The van der Waals surface area contributed by atoms with Gasteiger partial charge in [0.1, 0.15) is 0 Å². The van der Waals surface area contributed by atoms with Gasteiger partial charge in [-0.1, -0.05) is 31.9 Å². The second-order valence-corrected chi connectivity index (χ2v) is 5.22. The number of hydrogen-bond donors (Lipinski definition) is 2. The summed E-state index contributed by atoms with van der Waals surface area (Å²) in [5.41, 5.74) is 0.360. The number of carbonyl (C=O) groups is 2. The third kappa shape index (κ3) is 4.08. The van der Waals surface area contributed by atoms with E-state index >= 15 is 0 Å². The van der Waals surface area contributed by atoms with Gasteiger partial charge in [0, 0.05) is 14.5 Å². The van der Waals surface area contributed by atoms with Gasteiger partial charge in [-0.3, -0.25) is 4.79 Å². The minimum absolute atomic E-state index is 0.360. The molecule has 1 atom stereocenters. The molecule has 0 aliphatic rings. The number of methoxy groups -OCH3 is 1. The maximum Gasteiger partial charge on any atom is 0.330 e. The maximum atomic E-state index is 11.9. The molecule has 2 N–H and O–H groups in total. The second-order valence-electron chi connectivity index (χ2n) is 3.39. The molecule has 1 rings (SSSR count). The molecule has 98 valence electrons. The molecule has 1 unspecified atom stereocenters. The van der Waals surface area contributed by atoms with E-state index < -0.39 is 24.5 Å². The van der Waals surface area contributed by atoms with Crippen molar-refractivity contribution in [1.29, 1.82) is 0 Å². The highest BCUT2D eigenvalue weighted by atomic mass is 79.9. The molecule has 0 aliphatic carbocycles. The Morgan fingerprint density at radius 1 is 1.33 bits per heavy atom. The summed E-state index contributed by atoms with van der Waals surface area (Å²) in [6.45, 7) is -0.520. The molecule has 0 fully saturated rings. The Hall–Kier alpha value is -0.920. The number of aliphatic hydroxyl groups excluding tert-OH is 1. The van der Waals surface area contributed by atoms with Crippen molar-refractivity contribution in [3.63, 3.8) is 0 Å². The van der Waals surface area contributed by atoms with Gasteiger partial charge in [-0.05, 0) is 18.2 Å². The summed E-state index contributed by atoms with van der Waals surface area (Å²) in [6, 6.07) is 3.92. The number of aliphatic hydroxyl groups is 1. The molecule has 0 spiro atoms. The molecule has 1 aromatic rings. The first-order valence-corrected chi connectivity index (χ1v) is 6.52. The van der Waals surface area contributed by atoms with E-state index in [0.29, 0.717) is 5.56 Å². The zero-order valence-corrected chi connectivity index (χ0v) is 12.6. The van der Waals surface area contributed by atoms with Crippen LogP contribution in [0.2, 0.25) is 0 Å². The standard InChI is InChI=1S/C11H11Br2NO4/c1-18-11(17)9(5-15)14-10(16)6-2-7(12)4-8(13)3-6/h2-4,9,15H,5H2,1H3,(H,14,16). The molecule has 1 aromatic carbocycles. The van der Waals surface area contributed by atoms with Crippen molar-refractivity contribution < 1.29 is 19.4 Å². The number of nitrogens with one attached hydrogen (secondary N) is 1. The molecule has 0 heterocycles. The number of benzene rings is 1. The minimum Gasteiger partial charge on any atom is -0.467 e. The molecular weight excluding hydrogens is 370 g/mol. The number of rotatable bonds is 4. The van der Waals surface area contributed by atoms with Crippen LogP contribution in [0.5, 0.6) is 0 Å². The summed E-state index contributed by atoms with van der Waals surface area (Å²) >= 11 is 6.51. The van der Waals surface area contributed by atoms with Crippen LogP contribution < -0.4 is 5.32 Å². The normalized spacial score (nSPS) is 11.8. The summed E-state index contributed by atoms with van der Waals surface area (Å²) in [4.78, 5) is 23.1. The smallest absolute Gasteiger partial charge is 0.330 e. The van der Waals surface area contributed by atoms with Crippen molar-refractivity contribution in [2.75, 3.05) is 13.7 Å². The SMILES string of the molecule is COC(=O)C(CO)NC(=O)c1cc(Br)cc(Br)c1. The van der Waals surface area contributed by atoms with Crippen LogP contribution in [0.4, 0.5) is 0 Å². The molecule has 0 bridgehead atoms. The van der Waals surface area contributed by atoms with Crippen LogP contribution in [-0.4, -0.2) is 36.7 Å². The number of halogens is 2. The highest BCUT2D eigenvalue weighted by Crippen LogP contribution is 2.20. The molecule has 18 heavy (non-hydrogen) atoms. The van der Waals surface area contributed by atoms with Crippen LogP contribution in [0.1, 0.15) is 10.4 Å². The fourth-order valence-electron chi connectivity index (χ4n) is 1.25. The number of hydrogen-bond acceptors (Lipinski definition) is 4. The van der Waals surface area contributed by atoms with E-state index in [-0.39, 0.29) is 0 Å².